The Morgan fingerprint density at radius 3 is 2.41 bits per heavy atom. The van der Waals surface area contributed by atoms with E-state index in [0.717, 1.165) is 46.0 Å². The van der Waals surface area contributed by atoms with Gasteiger partial charge in [0.05, 0.1) is 0 Å². The molecule has 0 saturated heterocycles. The second kappa shape index (κ2) is 6.38. The Hall–Kier alpha value is -2.75. The summed E-state index contributed by atoms with van der Waals surface area (Å²) < 4.78 is 11.2. The molecule has 1 aliphatic carbocycles. The summed E-state index contributed by atoms with van der Waals surface area (Å²) >= 11 is 0. The smallest absolute Gasteiger partial charge is 0.231 e. The van der Waals surface area contributed by atoms with Crippen LogP contribution < -0.4 is 14.8 Å². The average molecular weight is 389 g/mol. The van der Waals surface area contributed by atoms with Gasteiger partial charge in [-0.15, -0.1) is 0 Å². The van der Waals surface area contributed by atoms with Crippen molar-refractivity contribution in [2.75, 3.05) is 12.1 Å². The lowest BCUT2D eigenvalue weighted by Gasteiger charge is -2.39. The maximum atomic E-state index is 13.3. The molecular weight excluding hydrogens is 362 g/mol. The molecule has 4 heteroatoms. The largest absolute Gasteiger partial charge is 0.454 e. The highest BCUT2D eigenvalue weighted by molar-refractivity contribution is 6.01. The fraction of sp³-hybridized carbons (Fsp3) is 0.400. The number of nitrogens with one attached hydrogen (secondary N) is 1. The first-order chi connectivity index (χ1) is 13.8. The number of anilines is 1. The summed E-state index contributed by atoms with van der Waals surface area (Å²) in [5, 5.41) is 3.57. The van der Waals surface area contributed by atoms with Gasteiger partial charge in [-0.05, 0) is 40.5 Å². The van der Waals surface area contributed by atoms with Crippen molar-refractivity contribution in [3.8, 4) is 11.5 Å². The van der Waals surface area contributed by atoms with Crippen molar-refractivity contribution < 1.29 is 14.3 Å². The van der Waals surface area contributed by atoms with Gasteiger partial charge in [0.2, 0.25) is 6.79 Å². The van der Waals surface area contributed by atoms with Crippen LogP contribution in [0.4, 0.5) is 5.69 Å². The number of ketones is 1. The molecule has 2 aromatic rings. The Morgan fingerprint density at radius 2 is 1.72 bits per heavy atom. The van der Waals surface area contributed by atoms with Gasteiger partial charge in [-0.2, -0.15) is 0 Å². The van der Waals surface area contributed by atoms with E-state index in [1.54, 1.807) is 0 Å². The predicted molar refractivity (Wildman–Crippen MR) is 114 cm³/mol. The normalized spacial score (nSPS) is 21.7. The van der Waals surface area contributed by atoms with Crippen LogP contribution in [-0.4, -0.2) is 12.6 Å². The zero-order valence-corrected chi connectivity index (χ0v) is 17.5. The monoisotopic (exact) mass is 389 g/mol. The van der Waals surface area contributed by atoms with Crippen LogP contribution in [0.1, 0.15) is 69.1 Å². The average Bonchev–Trinajstić information content (AvgIpc) is 3.11. The third kappa shape index (κ3) is 3.02. The first-order valence-corrected chi connectivity index (χ1v) is 10.4. The van der Waals surface area contributed by atoms with E-state index < -0.39 is 0 Å². The summed E-state index contributed by atoms with van der Waals surface area (Å²) in [6.45, 7) is 8.96. The minimum absolute atomic E-state index is 0.0389. The lowest BCUT2D eigenvalue weighted by Crippen LogP contribution is -2.33. The molecule has 4 nitrogen and oxygen atoms in total. The van der Waals surface area contributed by atoms with E-state index in [9.17, 15) is 4.79 Å². The maximum absolute atomic E-state index is 13.3. The lowest BCUT2D eigenvalue weighted by molar-refractivity contribution is -0.118. The van der Waals surface area contributed by atoms with Crippen molar-refractivity contribution in [3.63, 3.8) is 0 Å². The third-order valence-corrected chi connectivity index (χ3v) is 6.29. The quantitative estimate of drug-likeness (QED) is 0.711. The van der Waals surface area contributed by atoms with Gasteiger partial charge < -0.3 is 14.8 Å². The van der Waals surface area contributed by atoms with Crippen LogP contribution in [0.3, 0.4) is 0 Å². The van der Waals surface area contributed by atoms with E-state index in [2.05, 4.69) is 57.3 Å². The summed E-state index contributed by atoms with van der Waals surface area (Å²) in [7, 11) is 0. The number of Topliss-reactive ketones (excluding diaryl/α,β-unsaturated/α-hetero) is 1. The number of fused-ring (bicyclic) bond motifs is 2. The molecule has 5 rings (SSSR count). The van der Waals surface area contributed by atoms with Crippen molar-refractivity contribution in [2.45, 2.75) is 52.4 Å². The van der Waals surface area contributed by atoms with Gasteiger partial charge in [0.25, 0.3) is 0 Å². The highest BCUT2D eigenvalue weighted by Crippen LogP contribution is 2.51. The number of rotatable bonds is 2. The number of ether oxygens (including phenoxy) is 2. The second-order valence-electron chi connectivity index (χ2n) is 9.51. The number of hydrogen-bond acceptors (Lipinski definition) is 4. The Labute approximate surface area is 171 Å². The second-order valence-corrected chi connectivity index (χ2v) is 9.51. The molecular formula is C25H27NO3. The summed E-state index contributed by atoms with van der Waals surface area (Å²) in [6.07, 6.45) is 1.44. The number of allylic oxidation sites excluding steroid dienone is 2. The molecule has 150 valence electrons. The molecule has 1 N–H and O–H groups in total. The standard InChI is InChI=1S/C25H27NO3/c1-14(2)15-5-7-16(8-6-15)23-17-9-21-22(29-13-28-21)10-18(17)26-19-11-25(3,4)12-20(27)24(19)23/h5-10,14,23,26H,11-13H2,1-4H3. The molecule has 2 aromatic carbocycles. The predicted octanol–water partition coefficient (Wildman–Crippen LogP) is 5.74. The van der Waals surface area contributed by atoms with Gasteiger partial charge in [-0.3, -0.25) is 4.79 Å². The molecule has 3 aliphatic rings. The molecule has 29 heavy (non-hydrogen) atoms. The van der Waals surface area contributed by atoms with Gasteiger partial charge in [-0.25, -0.2) is 0 Å². The highest BCUT2D eigenvalue weighted by atomic mass is 16.7. The van der Waals surface area contributed by atoms with E-state index >= 15 is 0 Å². The van der Waals surface area contributed by atoms with Crippen molar-refractivity contribution in [1.29, 1.82) is 0 Å². The molecule has 0 saturated carbocycles. The number of hydrogen-bond donors (Lipinski definition) is 1. The molecule has 0 bridgehead atoms. The topological polar surface area (TPSA) is 47.6 Å². The highest BCUT2D eigenvalue weighted by Gasteiger charge is 2.41. The molecule has 1 unspecified atom stereocenters. The zero-order valence-electron chi connectivity index (χ0n) is 17.5. The molecule has 2 aliphatic heterocycles. The van der Waals surface area contributed by atoms with Crippen LogP contribution in [0.15, 0.2) is 47.7 Å². The molecule has 0 radical (unpaired) electrons. The third-order valence-electron chi connectivity index (χ3n) is 6.29. The van der Waals surface area contributed by atoms with Crippen LogP contribution in [0.5, 0.6) is 11.5 Å². The van der Waals surface area contributed by atoms with Crippen LogP contribution in [0, 0.1) is 5.41 Å². The van der Waals surface area contributed by atoms with Crippen molar-refractivity contribution in [1.82, 2.24) is 0 Å². The van der Waals surface area contributed by atoms with Crippen molar-refractivity contribution >= 4 is 11.5 Å². The van der Waals surface area contributed by atoms with Crippen LogP contribution in [-0.2, 0) is 4.79 Å². The summed E-state index contributed by atoms with van der Waals surface area (Å²) in [5.74, 6) is 2.15. The van der Waals surface area contributed by atoms with Gasteiger partial charge in [0.1, 0.15) is 0 Å². The van der Waals surface area contributed by atoms with E-state index in [1.165, 1.54) is 5.56 Å². The Balaban J connectivity index is 1.69. The fourth-order valence-electron chi connectivity index (χ4n) is 4.82. The number of carbonyl (C=O) groups is 1. The minimum atomic E-state index is -0.0828. The molecule has 0 aromatic heterocycles. The summed E-state index contributed by atoms with van der Waals surface area (Å²) in [5.41, 5.74) is 6.47. The minimum Gasteiger partial charge on any atom is -0.454 e. The summed E-state index contributed by atoms with van der Waals surface area (Å²) in [6, 6.07) is 12.8. The first kappa shape index (κ1) is 18.3. The molecule has 0 fully saturated rings. The molecule has 2 heterocycles. The Morgan fingerprint density at radius 1 is 1.03 bits per heavy atom. The Bertz CT molecular complexity index is 1030. The van der Waals surface area contributed by atoms with Gasteiger partial charge >= 0.3 is 0 Å². The lowest BCUT2D eigenvalue weighted by atomic mass is 9.68. The number of carbonyl (C=O) groups excluding carboxylic acids is 1. The Kier molecular flexibility index (Phi) is 4.02. The SMILES string of the molecule is CC(C)c1ccc(C2C3=C(CC(C)(C)CC3=O)Nc3cc4c(cc32)OCO4)cc1. The maximum Gasteiger partial charge on any atom is 0.231 e. The van der Waals surface area contributed by atoms with Crippen LogP contribution in [0.2, 0.25) is 0 Å². The van der Waals surface area contributed by atoms with E-state index in [4.69, 9.17) is 9.47 Å². The number of benzene rings is 2. The molecule has 0 amide bonds. The summed E-state index contributed by atoms with van der Waals surface area (Å²) in [4.78, 5) is 13.3. The molecule has 1 atom stereocenters. The molecule has 0 spiro atoms. The van der Waals surface area contributed by atoms with E-state index in [0.29, 0.717) is 12.3 Å². The van der Waals surface area contributed by atoms with E-state index in [-0.39, 0.29) is 23.9 Å². The van der Waals surface area contributed by atoms with Gasteiger partial charge in [-0.1, -0.05) is 52.0 Å². The van der Waals surface area contributed by atoms with Gasteiger partial charge in [0.15, 0.2) is 17.3 Å². The van der Waals surface area contributed by atoms with Crippen LogP contribution >= 0.6 is 0 Å². The van der Waals surface area contributed by atoms with E-state index in [1.807, 2.05) is 12.1 Å². The van der Waals surface area contributed by atoms with Crippen molar-refractivity contribution in [3.05, 3.63) is 64.4 Å². The zero-order chi connectivity index (χ0) is 20.3. The fourth-order valence-corrected chi connectivity index (χ4v) is 4.82. The van der Waals surface area contributed by atoms with Crippen LogP contribution in [0.25, 0.3) is 0 Å². The first-order valence-electron chi connectivity index (χ1n) is 10.4. The van der Waals surface area contributed by atoms with Crippen molar-refractivity contribution in [2.24, 2.45) is 5.41 Å². The van der Waals surface area contributed by atoms with Gasteiger partial charge in [0, 0.05) is 35.4 Å².